The molecule has 3 heteroatoms. The zero-order valence-electron chi connectivity index (χ0n) is 11.4. The average molecular weight is 274 g/mol. The lowest BCUT2D eigenvalue weighted by atomic mass is 9.97. The molecule has 0 unspecified atom stereocenters. The number of hydrogen-bond donors (Lipinski definition) is 0. The van der Waals surface area contributed by atoms with E-state index in [9.17, 15) is 8.42 Å². The van der Waals surface area contributed by atoms with Gasteiger partial charge in [-0.2, -0.15) is 0 Å². The van der Waals surface area contributed by atoms with Gasteiger partial charge in [-0.15, -0.1) is 0 Å². The molecule has 0 amide bonds. The van der Waals surface area contributed by atoms with Crippen molar-refractivity contribution in [3.63, 3.8) is 0 Å². The summed E-state index contributed by atoms with van der Waals surface area (Å²) in [6.45, 7) is 4.29. The number of sulfone groups is 1. The van der Waals surface area contributed by atoms with Gasteiger partial charge in [0.15, 0.2) is 9.84 Å². The summed E-state index contributed by atoms with van der Waals surface area (Å²) in [4.78, 5) is 0.361. The van der Waals surface area contributed by atoms with Crippen LogP contribution in [0.4, 0.5) is 0 Å². The third-order valence-corrected chi connectivity index (χ3v) is 4.26. The molecule has 0 bridgehead atoms. The lowest BCUT2D eigenvalue weighted by Crippen LogP contribution is -1.97. The Hall–Kier alpha value is -1.61. The molecule has 0 saturated heterocycles. The molecule has 0 N–H and O–H groups in total. The predicted molar refractivity (Wildman–Crippen MR) is 79.1 cm³/mol. The number of benzene rings is 2. The lowest BCUT2D eigenvalue weighted by molar-refractivity contribution is 0.602. The molecule has 2 rings (SSSR count). The summed E-state index contributed by atoms with van der Waals surface area (Å²) in [5.41, 5.74) is 3.24. The fourth-order valence-corrected chi connectivity index (χ4v) is 2.65. The Bertz CT molecular complexity index is 685. The van der Waals surface area contributed by atoms with E-state index in [2.05, 4.69) is 26.0 Å². The maximum atomic E-state index is 11.6. The molecule has 0 aromatic heterocycles. The van der Waals surface area contributed by atoms with Crippen LogP contribution >= 0.6 is 0 Å². The Balaban J connectivity index is 2.51. The van der Waals surface area contributed by atoms with E-state index in [1.54, 1.807) is 18.2 Å². The van der Waals surface area contributed by atoms with Crippen LogP contribution in [-0.4, -0.2) is 14.7 Å². The number of rotatable bonds is 3. The highest BCUT2D eigenvalue weighted by molar-refractivity contribution is 7.90. The van der Waals surface area contributed by atoms with Gasteiger partial charge in [-0.1, -0.05) is 50.2 Å². The van der Waals surface area contributed by atoms with Crippen LogP contribution in [-0.2, 0) is 9.84 Å². The van der Waals surface area contributed by atoms with Gasteiger partial charge < -0.3 is 0 Å². The molecule has 0 aliphatic rings. The smallest absolute Gasteiger partial charge is 0.175 e. The zero-order chi connectivity index (χ0) is 14.0. The number of hydrogen-bond acceptors (Lipinski definition) is 2. The molecule has 19 heavy (non-hydrogen) atoms. The summed E-state index contributed by atoms with van der Waals surface area (Å²) in [5, 5.41) is 0. The largest absolute Gasteiger partial charge is 0.224 e. The van der Waals surface area contributed by atoms with Crippen molar-refractivity contribution in [3.8, 4) is 11.1 Å². The highest BCUT2D eigenvalue weighted by Crippen LogP contribution is 2.25. The molecule has 2 aromatic rings. The molecular formula is C16H18O2S. The van der Waals surface area contributed by atoms with Crippen LogP contribution in [0.5, 0.6) is 0 Å². The summed E-state index contributed by atoms with van der Waals surface area (Å²) in [6.07, 6.45) is 1.23. The second-order valence-corrected chi connectivity index (χ2v) is 7.10. The molecule has 0 spiro atoms. The van der Waals surface area contributed by atoms with Crippen molar-refractivity contribution in [2.75, 3.05) is 6.26 Å². The van der Waals surface area contributed by atoms with E-state index in [1.165, 1.54) is 11.8 Å². The normalized spacial score (nSPS) is 11.8. The van der Waals surface area contributed by atoms with E-state index in [1.807, 2.05) is 18.2 Å². The maximum absolute atomic E-state index is 11.6. The van der Waals surface area contributed by atoms with Crippen molar-refractivity contribution < 1.29 is 8.42 Å². The minimum atomic E-state index is -3.16. The van der Waals surface area contributed by atoms with Gasteiger partial charge in [-0.25, -0.2) is 8.42 Å². The second kappa shape index (κ2) is 5.17. The summed E-state index contributed by atoms with van der Waals surface area (Å²) >= 11 is 0. The van der Waals surface area contributed by atoms with E-state index >= 15 is 0 Å². The first kappa shape index (κ1) is 13.8. The van der Waals surface area contributed by atoms with Gasteiger partial charge in [-0.3, -0.25) is 0 Å². The van der Waals surface area contributed by atoms with Crippen molar-refractivity contribution in [2.45, 2.75) is 24.7 Å². The van der Waals surface area contributed by atoms with Crippen molar-refractivity contribution in [1.29, 1.82) is 0 Å². The average Bonchev–Trinajstić information content (AvgIpc) is 2.38. The van der Waals surface area contributed by atoms with Gasteiger partial charge >= 0.3 is 0 Å². The van der Waals surface area contributed by atoms with Crippen LogP contribution in [0, 0.1) is 0 Å². The Morgan fingerprint density at radius 3 is 2.05 bits per heavy atom. The highest BCUT2D eigenvalue weighted by Gasteiger charge is 2.09. The molecule has 2 nitrogen and oxygen atoms in total. The van der Waals surface area contributed by atoms with Gasteiger partial charge in [0, 0.05) is 6.26 Å². The maximum Gasteiger partial charge on any atom is 0.175 e. The first-order chi connectivity index (χ1) is 8.88. The molecular weight excluding hydrogens is 256 g/mol. The topological polar surface area (TPSA) is 34.1 Å². The van der Waals surface area contributed by atoms with E-state index in [4.69, 9.17) is 0 Å². The monoisotopic (exact) mass is 274 g/mol. The first-order valence-electron chi connectivity index (χ1n) is 6.28. The third kappa shape index (κ3) is 3.24. The predicted octanol–water partition coefficient (Wildman–Crippen LogP) is 3.88. The SMILES string of the molecule is CC(C)c1cccc(-c2cccc(S(C)(=O)=O)c2)c1. The van der Waals surface area contributed by atoms with Crippen molar-refractivity contribution in [1.82, 2.24) is 0 Å². The lowest BCUT2D eigenvalue weighted by Gasteiger charge is -2.09. The van der Waals surface area contributed by atoms with Crippen molar-refractivity contribution in [3.05, 3.63) is 54.1 Å². The highest BCUT2D eigenvalue weighted by atomic mass is 32.2. The fourth-order valence-electron chi connectivity index (χ4n) is 1.98. The fraction of sp³-hybridized carbons (Fsp3) is 0.250. The summed E-state index contributed by atoms with van der Waals surface area (Å²) in [5.74, 6) is 0.457. The Morgan fingerprint density at radius 1 is 0.895 bits per heavy atom. The van der Waals surface area contributed by atoms with Crippen molar-refractivity contribution in [2.24, 2.45) is 0 Å². The molecule has 0 radical (unpaired) electrons. The first-order valence-corrected chi connectivity index (χ1v) is 8.17. The van der Waals surface area contributed by atoms with E-state index in [0.717, 1.165) is 11.1 Å². The molecule has 0 saturated carbocycles. The van der Waals surface area contributed by atoms with Crippen LogP contribution in [0.2, 0.25) is 0 Å². The Morgan fingerprint density at radius 2 is 1.47 bits per heavy atom. The van der Waals surface area contributed by atoms with Gasteiger partial charge in [-0.05, 0) is 34.7 Å². The van der Waals surface area contributed by atoms with Crippen LogP contribution in [0.15, 0.2) is 53.4 Å². The summed E-state index contributed by atoms with van der Waals surface area (Å²) < 4.78 is 23.2. The van der Waals surface area contributed by atoms with Gasteiger partial charge in [0.05, 0.1) is 4.90 Å². The van der Waals surface area contributed by atoms with E-state index in [0.29, 0.717) is 10.8 Å². The molecule has 2 aromatic carbocycles. The molecule has 0 atom stereocenters. The van der Waals surface area contributed by atoms with E-state index in [-0.39, 0.29) is 0 Å². The molecule has 0 heterocycles. The van der Waals surface area contributed by atoms with Gasteiger partial charge in [0.25, 0.3) is 0 Å². The molecule has 0 aliphatic carbocycles. The van der Waals surface area contributed by atoms with Crippen LogP contribution < -0.4 is 0 Å². The summed E-state index contributed by atoms with van der Waals surface area (Å²) in [7, 11) is -3.16. The van der Waals surface area contributed by atoms with Crippen LogP contribution in [0.25, 0.3) is 11.1 Å². The molecule has 0 aliphatic heterocycles. The van der Waals surface area contributed by atoms with E-state index < -0.39 is 9.84 Å². The third-order valence-electron chi connectivity index (χ3n) is 3.15. The van der Waals surface area contributed by atoms with Crippen LogP contribution in [0.1, 0.15) is 25.3 Å². The Labute approximate surface area is 115 Å². The molecule has 0 fully saturated rings. The Kier molecular flexibility index (Phi) is 3.76. The van der Waals surface area contributed by atoms with Gasteiger partial charge in [0.1, 0.15) is 0 Å². The van der Waals surface area contributed by atoms with Gasteiger partial charge in [0.2, 0.25) is 0 Å². The quantitative estimate of drug-likeness (QED) is 0.851. The van der Waals surface area contributed by atoms with Crippen molar-refractivity contribution >= 4 is 9.84 Å². The van der Waals surface area contributed by atoms with Crippen LogP contribution in [0.3, 0.4) is 0 Å². The zero-order valence-corrected chi connectivity index (χ0v) is 12.2. The second-order valence-electron chi connectivity index (χ2n) is 5.08. The molecule has 100 valence electrons. The standard InChI is InChI=1S/C16H18O2S/c1-12(2)13-6-4-7-14(10-13)15-8-5-9-16(11-15)19(3,17)18/h4-12H,1-3H3. The minimum Gasteiger partial charge on any atom is -0.224 e. The summed E-state index contributed by atoms with van der Waals surface area (Å²) in [6, 6.07) is 15.3. The minimum absolute atomic E-state index is 0.361.